The van der Waals surface area contributed by atoms with Crippen LogP contribution in [0.25, 0.3) is 0 Å². The highest BCUT2D eigenvalue weighted by Gasteiger charge is 2.45. The highest BCUT2D eigenvalue weighted by atomic mass is 16.7. The van der Waals surface area contributed by atoms with Crippen molar-refractivity contribution in [3.63, 3.8) is 0 Å². The molecule has 1 aliphatic carbocycles. The summed E-state index contributed by atoms with van der Waals surface area (Å²) in [7, 11) is 1.76. The van der Waals surface area contributed by atoms with Crippen LogP contribution in [0.2, 0.25) is 0 Å². The number of likely N-dealkylation sites (N-methyl/N-ethyl adjacent to an activating group) is 1. The molecule has 0 saturated heterocycles. The highest BCUT2D eigenvalue weighted by molar-refractivity contribution is 5.73. The van der Waals surface area contributed by atoms with Crippen LogP contribution in [-0.2, 0) is 23.8 Å². The number of allylic oxidation sites excluding steroid dienone is 1. The summed E-state index contributed by atoms with van der Waals surface area (Å²) < 4.78 is 16.8. The van der Waals surface area contributed by atoms with E-state index >= 15 is 0 Å². The van der Waals surface area contributed by atoms with Crippen LogP contribution in [0, 0.1) is 11.8 Å². The van der Waals surface area contributed by atoms with E-state index in [2.05, 4.69) is 5.32 Å². The minimum Gasteiger partial charge on any atom is -0.450 e. The Labute approximate surface area is 137 Å². The van der Waals surface area contributed by atoms with Crippen molar-refractivity contribution in [1.29, 1.82) is 0 Å². The third kappa shape index (κ3) is 4.82. The molecule has 0 radical (unpaired) electrons. The molecule has 0 saturated carbocycles. The van der Waals surface area contributed by atoms with Crippen molar-refractivity contribution in [3.8, 4) is 0 Å². The molecule has 0 aromatic heterocycles. The van der Waals surface area contributed by atoms with Crippen molar-refractivity contribution in [3.05, 3.63) is 23.9 Å². The quantitative estimate of drug-likeness (QED) is 0.571. The van der Waals surface area contributed by atoms with Gasteiger partial charge in [0.05, 0.1) is 11.8 Å². The maximum absolute atomic E-state index is 12.1. The molecule has 2 unspecified atom stereocenters. The van der Waals surface area contributed by atoms with Crippen LogP contribution in [0.5, 0.6) is 0 Å². The van der Waals surface area contributed by atoms with Crippen molar-refractivity contribution in [1.82, 2.24) is 5.32 Å². The number of hydrogen-bond acceptors (Lipinski definition) is 6. The van der Waals surface area contributed by atoms with E-state index in [-0.39, 0.29) is 17.8 Å². The molecule has 0 aromatic rings. The fourth-order valence-electron chi connectivity index (χ4n) is 1.93. The van der Waals surface area contributed by atoms with Gasteiger partial charge in [-0.15, -0.1) is 0 Å². The van der Waals surface area contributed by atoms with Gasteiger partial charge in [-0.2, -0.15) is 0 Å². The third-order valence-corrected chi connectivity index (χ3v) is 3.33. The Bertz CT molecular complexity index is 495. The summed E-state index contributed by atoms with van der Waals surface area (Å²) in [6, 6.07) is 0. The lowest BCUT2D eigenvalue weighted by atomic mass is 10.0. The summed E-state index contributed by atoms with van der Waals surface area (Å²) in [4.78, 5) is 24.1. The molecule has 0 bridgehead atoms. The average molecular weight is 325 g/mol. The predicted molar refractivity (Wildman–Crippen MR) is 86.3 cm³/mol. The standard InChI is InChI=1S/C17H27NO5/c1-7-21-17(23-16(20)12(4)5)9-8-13(18-6)10-14(17)22-15(19)11(2)3/h8-12,14,18H,7H2,1-6H3. The molecule has 0 aromatic carbocycles. The zero-order valence-electron chi connectivity index (χ0n) is 14.7. The number of ether oxygens (including phenoxy) is 3. The third-order valence-electron chi connectivity index (χ3n) is 3.33. The van der Waals surface area contributed by atoms with E-state index in [0.29, 0.717) is 6.61 Å². The first kappa shape index (κ1) is 19.2. The molecule has 130 valence electrons. The molecule has 0 fully saturated rings. The minimum absolute atomic E-state index is 0.299. The number of hydrogen-bond donors (Lipinski definition) is 1. The topological polar surface area (TPSA) is 73.9 Å². The van der Waals surface area contributed by atoms with E-state index in [1.54, 1.807) is 59.9 Å². The molecule has 1 N–H and O–H groups in total. The molecular formula is C17H27NO5. The van der Waals surface area contributed by atoms with Crippen LogP contribution in [-0.4, -0.2) is 37.5 Å². The Kier molecular flexibility index (Phi) is 6.81. The summed E-state index contributed by atoms with van der Waals surface area (Å²) in [5, 5.41) is 2.98. The fourth-order valence-corrected chi connectivity index (χ4v) is 1.93. The molecule has 6 heteroatoms. The molecule has 2 atom stereocenters. The second kappa shape index (κ2) is 8.15. The van der Waals surface area contributed by atoms with Gasteiger partial charge in [0.2, 0.25) is 0 Å². The van der Waals surface area contributed by atoms with Crippen molar-refractivity contribution < 1.29 is 23.8 Å². The second-order valence-corrected chi connectivity index (χ2v) is 5.95. The maximum atomic E-state index is 12.1. The van der Waals surface area contributed by atoms with E-state index in [4.69, 9.17) is 14.2 Å². The SMILES string of the molecule is CCOC1(OC(=O)C(C)C)C=CC(NC)=CC1OC(=O)C(C)C. The molecule has 1 rings (SSSR count). The van der Waals surface area contributed by atoms with Gasteiger partial charge >= 0.3 is 11.9 Å². The van der Waals surface area contributed by atoms with E-state index < -0.39 is 17.9 Å². The molecule has 0 aliphatic heterocycles. The number of esters is 2. The van der Waals surface area contributed by atoms with Gasteiger partial charge in [0.15, 0.2) is 6.10 Å². The van der Waals surface area contributed by atoms with Crippen molar-refractivity contribution in [2.24, 2.45) is 11.8 Å². The summed E-state index contributed by atoms with van der Waals surface area (Å²) in [5.41, 5.74) is 0.752. The van der Waals surface area contributed by atoms with Crippen molar-refractivity contribution in [2.75, 3.05) is 13.7 Å². The van der Waals surface area contributed by atoms with Crippen LogP contribution in [0.4, 0.5) is 0 Å². The molecule has 0 spiro atoms. The summed E-state index contributed by atoms with van der Waals surface area (Å²) in [6.07, 6.45) is 4.18. The van der Waals surface area contributed by atoms with Crippen LogP contribution in [0.1, 0.15) is 34.6 Å². The lowest BCUT2D eigenvalue weighted by Crippen LogP contribution is -2.51. The maximum Gasteiger partial charge on any atom is 0.311 e. The number of carbonyl (C=O) groups is 2. The summed E-state index contributed by atoms with van der Waals surface area (Å²) in [5.74, 6) is -2.87. The number of carbonyl (C=O) groups excluding carboxylic acids is 2. The van der Waals surface area contributed by atoms with Gasteiger partial charge in [0.1, 0.15) is 0 Å². The van der Waals surface area contributed by atoms with Gasteiger partial charge in [-0.05, 0) is 25.2 Å². The fraction of sp³-hybridized carbons (Fsp3) is 0.647. The largest absolute Gasteiger partial charge is 0.450 e. The Morgan fingerprint density at radius 3 is 2.30 bits per heavy atom. The smallest absolute Gasteiger partial charge is 0.311 e. The zero-order valence-corrected chi connectivity index (χ0v) is 14.7. The molecule has 1 aliphatic rings. The molecule has 0 heterocycles. The van der Waals surface area contributed by atoms with Gasteiger partial charge in [-0.3, -0.25) is 9.59 Å². The molecule has 23 heavy (non-hydrogen) atoms. The van der Waals surface area contributed by atoms with Gasteiger partial charge in [-0.25, -0.2) is 0 Å². The van der Waals surface area contributed by atoms with Gasteiger partial charge in [-0.1, -0.05) is 27.7 Å². The second-order valence-electron chi connectivity index (χ2n) is 5.95. The van der Waals surface area contributed by atoms with Gasteiger partial charge < -0.3 is 19.5 Å². The first-order valence-corrected chi connectivity index (χ1v) is 7.91. The molecule has 0 amide bonds. The monoisotopic (exact) mass is 325 g/mol. The molecule has 6 nitrogen and oxygen atoms in total. The van der Waals surface area contributed by atoms with E-state index in [1.807, 2.05) is 0 Å². The first-order valence-electron chi connectivity index (χ1n) is 7.91. The molecular weight excluding hydrogens is 298 g/mol. The van der Waals surface area contributed by atoms with E-state index in [9.17, 15) is 9.59 Å². The lowest BCUT2D eigenvalue weighted by Gasteiger charge is -2.38. The summed E-state index contributed by atoms with van der Waals surface area (Å²) in [6.45, 7) is 9.04. The minimum atomic E-state index is -1.44. The van der Waals surface area contributed by atoms with Crippen molar-refractivity contribution >= 4 is 11.9 Å². The Hall–Kier alpha value is -1.82. The lowest BCUT2D eigenvalue weighted by molar-refractivity contribution is -0.245. The van der Waals surface area contributed by atoms with Crippen LogP contribution in [0.15, 0.2) is 23.9 Å². The number of nitrogens with one attached hydrogen (secondary N) is 1. The van der Waals surface area contributed by atoms with E-state index in [1.165, 1.54) is 0 Å². The van der Waals surface area contributed by atoms with Gasteiger partial charge in [0, 0.05) is 19.4 Å². The Morgan fingerprint density at radius 2 is 1.83 bits per heavy atom. The highest BCUT2D eigenvalue weighted by Crippen LogP contribution is 2.30. The first-order chi connectivity index (χ1) is 10.8. The van der Waals surface area contributed by atoms with Crippen LogP contribution in [0.3, 0.4) is 0 Å². The van der Waals surface area contributed by atoms with Crippen molar-refractivity contribution in [2.45, 2.75) is 46.5 Å². The Balaban J connectivity index is 3.16. The van der Waals surface area contributed by atoms with E-state index in [0.717, 1.165) is 5.70 Å². The van der Waals surface area contributed by atoms with Gasteiger partial charge in [0.25, 0.3) is 5.79 Å². The predicted octanol–water partition coefficient (Wildman–Crippen LogP) is 2.16. The summed E-state index contributed by atoms with van der Waals surface area (Å²) >= 11 is 0. The number of rotatable bonds is 7. The average Bonchev–Trinajstić information content (AvgIpc) is 2.49. The van der Waals surface area contributed by atoms with Crippen LogP contribution >= 0.6 is 0 Å². The Morgan fingerprint density at radius 1 is 1.22 bits per heavy atom. The zero-order chi connectivity index (χ0) is 17.6. The van der Waals surface area contributed by atoms with Crippen LogP contribution < -0.4 is 5.32 Å². The normalized spacial score (nSPS) is 23.7.